The van der Waals surface area contributed by atoms with Gasteiger partial charge in [-0.05, 0) is 20.9 Å². The lowest BCUT2D eigenvalue weighted by atomic mass is 10.4. The molecule has 0 atom stereocenters. The highest BCUT2D eigenvalue weighted by Crippen LogP contribution is 2.18. The molecule has 2 aromatic rings. The summed E-state index contributed by atoms with van der Waals surface area (Å²) in [5, 5.41) is 12.2. The molecule has 9 heteroatoms. The number of H-pyrrole nitrogens is 1. The van der Waals surface area contributed by atoms with Crippen molar-refractivity contribution < 1.29 is 8.42 Å². The van der Waals surface area contributed by atoms with Gasteiger partial charge in [-0.3, -0.25) is 5.10 Å². The van der Waals surface area contributed by atoms with Crippen LogP contribution in [-0.4, -0.2) is 30.6 Å². The van der Waals surface area contributed by atoms with E-state index in [1.54, 1.807) is 14.0 Å². The first-order valence-electron chi connectivity index (χ1n) is 6.03. The molecule has 0 aromatic carbocycles. The molecule has 0 spiro atoms. The maximum atomic E-state index is 12.4. The molecule has 0 bridgehead atoms. The third kappa shape index (κ3) is 3.23. The van der Waals surface area contributed by atoms with Crippen LogP contribution in [0, 0.1) is 13.8 Å². The first-order valence-corrected chi connectivity index (χ1v) is 8.39. The summed E-state index contributed by atoms with van der Waals surface area (Å²) >= 11 is 1.43. The van der Waals surface area contributed by atoms with E-state index in [4.69, 9.17) is 0 Å². The van der Waals surface area contributed by atoms with E-state index in [1.165, 1.54) is 11.3 Å². The number of hydrogen-bond acceptors (Lipinski definition) is 6. The van der Waals surface area contributed by atoms with E-state index in [0.717, 1.165) is 10.7 Å². The van der Waals surface area contributed by atoms with Gasteiger partial charge in [0, 0.05) is 17.6 Å². The minimum atomic E-state index is -3.61. The zero-order valence-electron chi connectivity index (χ0n) is 11.5. The minimum Gasteiger partial charge on any atom is -0.314 e. The Labute approximate surface area is 121 Å². The maximum absolute atomic E-state index is 12.4. The van der Waals surface area contributed by atoms with Crippen LogP contribution in [0.4, 0.5) is 0 Å². The van der Waals surface area contributed by atoms with E-state index in [9.17, 15) is 8.42 Å². The van der Waals surface area contributed by atoms with Crippen molar-refractivity contribution in [2.45, 2.75) is 31.8 Å². The lowest BCUT2D eigenvalue weighted by Gasteiger charge is -2.06. The van der Waals surface area contributed by atoms with Gasteiger partial charge in [0.1, 0.15) is 9.90 Å². The molecule has 3 N–H and O–H groups in total. The van der Waals surface area contributed by atoms with Gasteiger partial charge in [0.2, 0.25) is 10.0 Å². The molecule has 110 valence electrons. The number of aryl methyl sites for hydroxylation is 2. The number of nitrogens with zero attached hydrogens (tertiary/aromatic N) is 2. The van der Waals surface area contributed by atoms with Gasteiger partial charge in [-0.1, -0.05) is 0 Å². The number of hydrogen-bond donors (Lipinski definition) is 3. The molecule has 0 aliphatic rings. The van der Waals surface area contributed by atoms with E-state index < -0.39 is 10.0 Å². The summed E-state index contributed by atoms with van der Waals surface area (Å²) in [5.41, 5.74) is 1.89. The fraction of sp³-hybridized carbons (Fsp3) is 0.455. The Morgan fingerprint density at radius 3 is 2.70 bits per heavy atom. The van der Waals surface area contributed by atoms with Crippen LogP contribution in [0.2, 0.25) is 0 Å². The number of nitrogens with one attached hydrogen (secondary N) is 3. The summed E-state index contributed by atoms with van der Waals surface area (Å²) in [5.74, 6) is 0. The van der Waals surface area contributed by atoms with E-state index in [2.05, 4.69) is 25.2 Å². The van der Waals surface area contributed by atoms with Crippen LogP contribution >= 0.6 is 11.3 Å². The number of aromatic nitrogens is 3. The summed E-state index contributed by atoms with van der Waals surface area (Å²) in [7, 11) is -1.86. The van der Waals surface area contributed by atoms with Crippen molar-refractivity contribution in [1.29, 1.82) is 0 Å². The van der Waals surface area contributed by atoms with E-state index in [-0.39, 0.29) is 11.4 Å². The Morgan fingerprint density at radius 1 is 1.35 bits per heavy atom. The van der Waals surface area contributed by atoms with Crippen LogP contribution in [-0.2, 0) is 23.1 Å². The van der Waals surface area contributed by atoms with E-state index in [0.29, 0.717) is 17.9 Å². The van der Waals surface area contributed by atoms with Gasteiger partial charge in [-0.2, -0.15) is 5.10 Å². The Kier molecular flexibility index (Phi) is 4.53. The molecule has 0 amide bonds. The second-order valence-corrected chi connectivity index (χ2v) is 7.01. The fourth-order valence-electron chi connectivity index (χ4n) is 1.83. The highest BCUT2D eigenvalue weighted by molar-refractivity contribution is 7.89. The van der Waals surface area contributed by atoms with Gasteiger partial charge in [0.05, 0.1) is 17.9 Å². The second-order valence-electron chi connectivity index (χ2n) is 4.36. The molecular formula is C11H17N5O2S2. The molecule has 2 rings (SSSR count). The monoisotopic (exact) mass is 315 g/mol. The van der Waals surface area contributed by atoms with Crippen molar-refractivity contribution in [3.8, 4) is 0 Å². The Bertz CT molecular complexity index is 689. The predicted octanol–water partition coefficient (Wildman–Crippen LogP) is 0.681. The fourth-order valence-corrected chi connectivity index (χ4v) is 3.98. The van der Waals surface area contributed by atoms with Gasteiger partial charge in [-0.25, -0.2) is 18.1 Å². The number of thiazole rings is 1. The van der Waals surface area contributed by atoms with Crippen molar-refractivity contribution in [3.05, 3.63) is 27.5 Å². The average molecular weight is 315 g/mol. The summed E-state index contributed by atoms with van der Waals surface area (Å²) in [4.78, 5) is 4.44. The molecule has 0 fully saturated rings. The third-order valence-electron chi connectivity index (χ3n) is 2.65. The van der Waals surface area contributed by atoms with Crippen molar-refractivity contribution in [2.24, 2.45) is 0 Å². The summed E-state index contributed by atoms with van der Waals surface area (Å²) < 4.78 is 27.3. The molecule has 0 saturated carbocycles. The van der Waals surface area contributed by atoms with Crippen LogP contribution in [0.3, 0.4) is 0 Å². The molecule has 2 heterocycles. The highest BCUT2D eigenvalue weighted by atomic mass is 32.2. The topological polar surface area (TPSA) is 99.8 Å². The number of sulfonamides is 1. The molecule has 0 aliphatic heterocycles. The average Bonchev–Trinajstić information content (AvgIpc) is 2.95. The van der Waals surface area contributed by atoms with E-state index in [1.807, 2.05) is 12.3 Å². The zero-order chi connectivity index (χ0) is 14.8. The van der Waals surface area contributed by atoms with Crippen LogP contribution < -0.4 is 10.0 Å². The van der Waals surface area contributed by atoms with Crippen LogP contribution in [0.5, 0.6) is 0 Å². The molecule has 7 nitrogen and oxygen atoms in total. The summed E-state index contributed by atoms with van der Waals surface area (Å²) in [6.45, 7) is 4.13. The molecule has 0 saturated heterocycles. The normalized spacial score (nSPS) is 11.9. The predicted molar refractivity (Wildman–Crippen MR) is 77.0 cm³/mol. The summed E-state index contributed by atoms with van der Waals surface area (Å²) in [6.07, 6.45) is 0. The van der Waals surface area contributed by atoms with Crippen LogP contribution in [0.15, 0.2) is 10.3 Å². The first-order chi connectivity index (χ1) is 9.44. The Morgan fingerprint density at radius 2 is 2.10 bits per heavy atom. The largest absolute Gasteiger partial charge is 0.314 e. The van der Waals surface area contributed by atoms with Crippen molar-refractivity contribution in [3.63, 3.8) is 0 Å². The van der Waals surface area contributed by atoms with E-state index >= 15 is 0 Å². The quantitative estimate of drug-likeness (QED) is 0.728. The molecule has 20 heavy (non-hydrogen) atoms. The highest BCUT2D eigenvalue weighted by Gasteiger charge is 2.23. The third-order valence-corrected chi connectivity index (χ3v) is 5.22. The van der Waals surface area contributed by atoms with Gasteiger partial charge in [0.15, 0.2) is 0 Å². The standard InChI is InChI=1S/C11H17N5O2S2/c1-7-6-19-10(14-7)5-13-20(17,18)11-8(2)15-16-9(11)4-12-3/h6,12-13H,4-5H2,1-3H3,(H,15,16). The first kappa shape index (κ1) is 15.1. The second kappa shape index (κ2) is 6.00. The molecule has 2 aromatic heterocycles. The van der Waals surface area contributed by atoms with Gasteiger partial charge in [-0.15, -0.1) is 11.3 Å². The van der Waals surface area contributed by atoms with Crippen molar-refractivity contribution in [1.82, 2.24) is 25.2 Å². The van der Waals surface area contributed by atoms with Crippen molar-refractivity contribution in [2.75, 3.05) is 7.05 Å². The van der Waals surface area contributed by atoms with Gasteiger partial charge < -0.3 is 5.32 Å². The smallest absolute Gasteiger partial charge is 0.244 e. The van der Waals surface area contributed by atoms with Crippen molar-refractivity contribution >= 4 is 21.4 Å². The Balaban J connectivity index is 2.20. The lowest BCUT2D eigenvalue weighted by molar-refractivity contribution is 0.578. The van der Waals surface area contributed by atoms with Crippen LogP contribution in [0.25, 0.3) is 0 Å². The molecular weight excluding hydrogens is 298 g/mol. The summed E-state index contributed by atoms with van der Waals surface area (Å²) in [6, 6.07) is 0. The molecule has 0 aliphatic carbocycles. The van der Waals surface area contributed by atoms with Gasteiger partial charge in [0.25, 0.3) is 0 Å². The Hall–Kier alpha value is -1.29. The van der Waals surface area contributed by atoms with Gasteiger partial charge >= 0.3 is 0 Å². The minimum absolute atomic E-state index is 0.185. The van der Waals surface area contributed by atoms with Crippen LogP contribution in [0.1, 0.15) is 22.1 Å². The zero-order valence-corrected chi connectivity index (χ0v) is 13.2. The molecule has 0 radical (unpaired) electrons. The number of aromatic amines is 1. The number of rotatable bonds is 6. The maximum Gasteiger partial charge on any atom is 0.244 e. The lowest BCUT2D eigenvalue weighted by Crippen LogP contribution is -2.25. The SMILES string of the molecule is CNCc1n[nH]c(C)c1S(=O)(=O)NCc1nc(C)cs1. The molecule has 0 unspecified atom stereocenters.